The molecule has 0 aliphatic carbocycles. The third-order valence-corrected chi connectivity index (χ3v) is 7.35. The molecule has 0 unspecified atom stereocenters. The fourth-order valence-electron chi connectivity index (χ4n) is 4.29. The average Bonchev–Trinajstić information content (AvgIpc) is 3.03. The van der Waals surface area contributed by atoms with Crippen molar-refractivity contribution >= 4 is 24.5 Å². The van der Waals surface area contributed by atoms with E-state index in [0.29, 0.717) is 12.8 Å². The Morgan fingerprint density at radius 1 is 1.11 bits per heavy atom. The molecular formula is C28H45BN2O6. The number of amides is 1. The summed E-state index contributed by atoms with van der Waals surface area (Å²) in [5.74, 6) is -0.822. The smallest absolute Gasteiger partial charge is 0.458 e. The first kappa shape index (κ1) is 29.6. The highest BCUT2D eigenvalue weighted by Gasteiger charge is 2.51. The SMILES string of the molecule is C[C@@H](CCN1CCOCC1)C(=O)N[C@@H](Cc1cccc(B2OC(C)(C)C(C)(C)O2)c1)C(=O)OC(C)(C)C. The van der Waals surface area contributed by atoms with Crippen molar-refractivity contribution in [2.45, 2.75) is 91.1 Å². The van der Waals surface area contributed by atoms with E-state index in [9.17, 15) is 9.59 Å². The molecule has 37 heavy (non-hydrogen) atoms. The van der Waals surface area contributed by atoms with Gasteiger partial charge in [-0.2, -0.15) is 0 Å². The maximum Gasteiger partial charge on any atom is 0.494 e. The van der Waals surface area contributed by atoms with Crippen molar-refractivity contribution in [2.75, 3.05) is 32.8 Å². The van der Waals surface area contributed by atoms with Crippen molar-refractivity contribution in [3.63, 3.8) is 0 Å². The van der Waals surface area contributed by atoms with Crippen LogP contribution in [0.25, 0.3) is 0 Å². The average molecular weight is 516 g/mol. The largest absolute Gasteiger partial charge is 0.494 e. The first-order valence-corrected chi connectivity index (χ1v) is 13.4. The van der Waals surface area contributed by atoms with Crippen molar-refractivity contribution in [1.29, 1.82) is 0 Å². The van der Waals surface area contributed by atoms with Gasteiger partial charge in [0.05, 0.1) is 24.4 Å². The summed E-state index contributed by atoms with van der Waals surface area (Å²) >= 11 is 0. The van der Waals surface area contributed by atoms with Crippen LogP contribution in [0.3, 0.4) is 0 Å². The number of esters is 1. The number of carbonyl (C=O) groups excluding carboxylic acids is 2. The molecule has 9 heteroatoms. The Balaban J connectivity index is 1.69. The van der Waals surface area contributed by atoms with Gasteiger partial charge in [0.25, 0.3) is 0 Å². The van der Waals surface area contributed by atoms with Crippen LogP contribution in [0, 0.1) is 5.92 Å². The quantitative estimate of drug-likeness (QED) is 0.399. The molecule has 2 saturated heterocycles. The Hall–Kier alpha value is -1.94. The zero-order valence-corrected chi connectivity index (χ0v) is 23.9. The van der Waals surface area contributed by atoms with E-state index >= 15 is 0 Å². The van der Waals surface area contributed by atoms with Gasteiger partial charge < -0.3 is 24.1 Å². The summed E-state index contributed by atoms with van der Waals surface area (Å²) in [7, 11) is -0.500. The molecule has 0 radical (unpaired) electrons. The number of morpholine rings is 1. The number of ether oxygens (including phenoxy) is 2. The lowest BCUT2D eigenvalue weighted by Gasteiger charge is -2.32. The lowest BCUT2D eigenvalue weighted by molar-refractivity contribution is -0.158. The van der Waals surface area contributed by atoms with Gasteiger partial charge in [0.1, 0.15) is 11.6 Å². The van der Waals surface area contributed by atoms with E-state index in [1.165, 1.54) is 0 Å². The Morgan fingerprint density at radius 3 is 2.32 bits per heavy atom. The summed E-state index contributed by atoms with van der Waals surface area (Å²) in [4.78, 5) is 28.5. The second kappa shape index (κ2) is 11.8. The number of nitrogens with one attached hydrogen (secondary N) is 1. The van der Waals surface area contributed by atoms with E-state index in [1.807, 2.05) is 79.7 Å². The summed E-state index contributed by atoms with van der Waals surface area (Å²) in [5, 5.41) is 2.97. The molecule has 0 saturated carbocycles. The van der Waals surface area contributed by atoms with Crippen LogP contribution >= 0.6 is 0 Å². The topological polar surface area (TPSA) is 86.3 Å². The van der Waals surface area contributed by atoms with Crippen molar-refractivity contribution in [1.82, 2.24) is 10.2 Å². The minimum atomic E-state index is -0.800. The van der Waals surface area contributed by atoms with Crippen LogP contribution in [0.2, 0.25) is 0 Å². The number of carbonyl (C=O) groups is 2. The molecule has 2 fully saturated rings. The number of rotatable bonds is 9. The molecule has 2 aliphatic rings. The molecule has 1 aromatic rings. The zero-order chi connectivity index (χ0) is 27.4. The molecule has 0 aromatic heterocycles. The van der Waals surface area contributed by atoms with E-state index in [1.54, 1.807) is 0 Å². The molecule has 0 spiro atoms. The lowest BCUT2D eigenvalue weighted by Crippen LogP contribution is -2.47. The maximum atomic E-state index is 13.1. The summed E-state index contributed by atoms with van der Waals surface area (Å²) in [6.07, 6.45) is 1.02. The van der Waals surface area contributed by atoms with Crippen molar-refractivity contribution in [2.24, 2.45) is 5.92 Å². The normalized spacial score (nSPS) is 21.4. The minimum absolute atomic E-state index is 0.147. The Morgan fingerprint density at radius 2 is 1.73 bits per heavy atom. The second-order valence-corrected chi connectivity index (χ2v) is 12.3. The summed E-state index contributed by atoms with van der Waals surface area (Å²) in [6, 6.07) is 7.01. The van der Waals surface area contributed by atoms with Crippen molar-refractivity contribution in [3.05, 3.63) is 29.8 Å². The van der Waals surface area contributed by atoms with Crippen LogP contribution in [-0.4, -0.2) is 79.6 Å². The van der Waals surface area contributed by atoms with Gasteiger partial charge in [0.15, 0.2) is 0 Å². The Labute approximate surface area is 222 Å². The van der Waals surface area contributed by atoms with Crippen molar-refractivity contribution in [3.8, 4) is 0 Å². The molecule has 0 bridgehead atoms. The third-order valence-electron chi connectivity index (χ3n) is 7.35. The molecule has 1 N–H and O–H groups in total. The highest BCUT2D eigenvalue weighted by Crippen LogP contribution is 2.36. The van der Waals surface area contributed by atoms with Crippen LogP contribution in [0.5, 0.6) is 0 Å². The number of benzene rings is 1. The summed E-state index contributed by atoms with van der Waals surface area (Å²) in [6.45, 7) is 19.5. The lowest BCUT2D eigenvalue weighted by atomic mass is 9.78. The molecule has 2 atom stereocenters. The highest BCUT2D eigenvalue weighted by molar-refractivity contribution is 6.62. The van der Waals surface area contributed by atoms with Crippen LogP contribution in [0.1, 0.15) is 67.4 Å². The Bertz CT molecular complexity index is 923. The fraction of sp³-hybridized carbons (Fsp3) is 0.714. The molecule has 2 heterocycles. The van der Waals surface area contributed by atoms with E-state index in [2.05, 4.69) is 10.2 Å². The standard InChI is InChI=1S/C28H45BN2O6/c1-20(12-13-31-14-16-34-17-15-31)24(32)30-23(25(33)35-26(2,3)4)19-21-10-9-11-22(18-21)29-36-27(5,6)28(7,8)37-29/h9-11,18,20,23H,12-17,19H2,1-8H3,(H,30,32)/t20-,23-/m0/s1. The molecule has 2 aliphatic heterocycles. The summed E-state index contributed by atoms with van der Waals surface area (Å²) < 4.78 is 23.5. The predicted molar refractivity (Wildman–Crippen MR) is 145 cm³/mol. The molecular weight excluding hydrogens is 471 g/mol. The van der Waals surface area contributed by atoms with Gasteiger partial charge in [-0.15, -0.1) is 0 Å². The van der Waals surface area contributed by atoms with Crippen LogP contribution in [0.15, 0.2) is 24.3 Å². The van der Waals surface area contributed by atoms with Crippen LogP contribution < -0.4 is 10.8 Å². The van der Waals surface area contributed by atoms with Gasteiger partial charge in [-0.25, -0.2) is 4.79 Å². The van der Waals surface area contributed by atoms with Gasteiger partial charge in [-0.3, -0.25) is 9.69 Å². The minimum Gasteiger partial charge on any atom is -0.458 e. The van der Waals surface area contributed by atoms with Gasteiger partial charge in [-0.05, 0) is 72.5 Å². The number of nitrogens with zero attached hydrogens (tertiary/aromatic N) is 1. The maximum absolute atomic E-state index is 13.1. The number of hydrogen-bond donors (Lipinski definition) is 1. The first-order chi connectivity index (χ1) is 17.2. The van der Waals surface area contributed by atoms with Crippen LogP contribution in [-0.2, 0) is 34.8 Å². The highest BCUT2D eigenvalue weighted by atomic mass is 16.7. The first-order valence-electron chi connectivity index (χ1n) is 13.4. The van der Waals surface area contributed by atoms with Gasteiger partial charge in [0.2, 0.25) is 5.91 Å². The van der Waals surface area contributed by atoms with E-state index in [-0.39, 0.29) is 11.8 Å². The van der Waals surface area contributed by atoms with Gasteiger partial charge in [0, 0.05) is 25.4 Å². The molecule has 3 rings (SSSR count). The molecule has 1 aromatic carbocycles. The zero-order valence-electron chi connectivity index (χ0n) is 23.9. The molecule has 206 valence electrons. The third kappa shape index (κ3) is 8.27. The Kier molecular flexibility index (Phi) is 9.48. The summed E-state index contributed by atoms with van der Waals surface area (Å²) in [5.41, 5.74) is 0.219. The van der Waals surface area contributed by atoms with Gasteiger partial charge in [-0.1, -0.05) is 31.2 Å². The van der Waals surface area contributed by atoms with Gasteiger partial charge >= 0.3 is 13.1 Å². The van der Waals surface area contributed by atoms with E-state index in [4.69, 9.17) is 18.8 Å². The van der Waals surface area contributed by atoms with Crippen molar-refractivity contribution < 1.29 is 28.4 Å². The fourth-order valence-corrected chi connectivity index (χ4v) is 4.29. The number of hydrogen-bond acceptors (Lipinski definition) is 7. The monoisotopic (exact) mass is 516 g/mol. The van der Waals surface area contributed by atoms with E-state index in [0.717, 1.165) is 43.9 Å². The predicted octanol–water partition coefficient (Wildman–Crippen LogP) is 2.71. The molecule has 1 amide bonds. The molecule has 8 nitrogen and oxygen atoms in total. The van der Waals surface area contributed by atoms with Crippen LogP contribution in [0.4, 0.5) is 0 Å². The second-order valence-electron chi connectivity index (χ2n) is 12.3. The van der Waals surface area contributed by atoms with E-state index < -0.39 is 35.9 Å².